The molecule has 31 heavy (non-hydrogen) atoms. The number of benzene rings is 2. The number of para-hydroxylation sites is 1. The highest BCUT2D eigenvalue weighted by Crippen LogP contribution is 2.18. The number of nitrogens with one attached hydrogen (secondary N) is 3. The van der Waals surface area contributed by atoms with Crippen LogP contribution in [-0.2, 0) is 11.2 Å². The van der Waals surface area contributed by atoms with Crippen LogP contribution in [0.3, 0.4) is 0 Å². The molecule has 166 valence electrons. The first-order chi connectivity index (χ1) is 15.2. The molecule has 0 saturated carbocycles. The molecule has 1 unspecified atom stereocenters. The quantitative estimate of drug-likeness (QED) is 0.296. The molecule has 6 nitrogen and oxygen atoms in total. The lowest BCUT2D eigenvalue weighted by molar-refractivity contribution is -0.127. The molecule has 0 aliphatic carbocycles. The summed E-state index contributed by atoms with van der Waals surface area (Å²) >= 11 is 0. The maximum absolute atomic E-state index is 12.4. The highest BCUT2D eigenvalue weighted by Gasteiger charge is 2.28. The number of aliphatic imine (C=N–C) groups is 1. The van der Waals surface area contributed by atoms with Crippen LogP contribution < -0.4 is 16.0 Å². The van der Waals surface area contributed by atoms with Gasteiger partial charge < -0.3 is 20.9 Å². The molecule has 0 spiro atoms. The predicted octanol–water partition coefficient (Wildman–Crippen LogP) is 3.13. The Hall–Kier alpha value is -3.02. The molecule has 0 radical (unpaired) electrons. The minimum absolute atomic E-state index is 0.251. The van der Waals surface area contributed by atoms with Crippen molar-refractivity contribution in [1.29, 1.82) is 0 Å². The molecule has 3 N–H and O–H groups in total. The molecule has 3 rings (SSSR count). The molecule has 1 fully saturated rings. The molecule has 0 aromatic heterocycles. The summed E-state index contributed by atoms with van der Waals surface area (Å²) in [6.07, 6.45) is 2.50. The van der Waals surface area contributed by atoms with Crippen molar-refractivity contribution >= 4 is 17.6 Å². The van der Waals surface area contributed by atoms with E-state index in [1.807, 2.05) is 41.3 Å². The number of rotatable bonds is 11. The second kappa shape index (κ2) is 12.6. The number of likely N-dealkylation sites (tertiary alicyclic amines) is 1. The average molecular weight is 422 g/mol. The number of nitrogens with zero attached hydrogens (tertiary/aromatic N) is 2. The van der Waals surface area contributed by atoms with E-state index in [1.54, 1.807) is 0 Å². The highest BCUT2D eigenvalue weighted by atomic mass is 16.2. The van der Waals surface area contributed by atoms with E-state index in [1.165, 1.54) is 5.56 Å². The van der Waals surface area contributed by atoms with Gasteiger partial charge in [-0.2, -0.15) is 0 Å². The Balaban J connectivity index is 1.37. The van der Waals surface area contributed by atoms with Gasteiger partial charge >= 0.3 is 0 Å². The van der Waals surface area contributed by atoms with Crippen molar-refractivity contribution < 1.29 is 4.79 Å². The number of guanidine groups is 1. The number of amides is 1. The van der Waals surface area contributed by atoms with Crippen molar-refractivity contribution in [1.82, 2.24) is 15.5 Å². The topological polar surface area (TPSA) is 68.8 Å². The Morgan fingerprint density at radius 3 is 2.52 bits per heavy atom. The molecule has 1 amide bonds. The van der Waals surface area contributed by atoms with Gasteiger partial charge in [0, 0.05) is 57.3 Å². The Morgan fingerprint density at radius 1 is 1.03 bits per heavy atom. The minimum atomic E-state index is 0.251. The molecule has 1 aliphatic rings. The number of anilines is 1. The molecule has 1 atom stereocenters. The van der Waals surface area contributed by atoms with Crippen molar-refractivity contribution in [3.05, 3.63) is 66.2 Å². The van der Waals surface area contributed by atoms with Gasteiger partial charge in [-0.25, -0.2) is 0 Å². The average Bonchev–Trinajstić information content (AvgIpc) is 3.16. The van der Waals surface area contributed by atoms with Gasteiger partial charge in [0.15, 0.2) is 5.96 Å². The monoisotopic (exact) mass is 421 g/mol. The van der Waals surface area contributed by atoms with Crippen molar-refractivity contribution in [3.63, 3.8) is 0 Å². The third kappa shape index (κ3) is 7.96. The van der Waals surface area contributed by atoms with Crippen molar-refractivity contribution in [2.75, 3.05) is 44.6 Å². The van der Waals surface area contributed by atoms with E-state index in [2.05, 4.69) is 47.1 Å². The van der Waals surface area contributed by atoms with E-state index in [-0.39, 0.29) is 5.91 Å². The summed E-state index contributed by atoms with van der Waals surface area (Å²) in [5.41, 5.74) is 2.42. The Kier molecular flexibility index (Phi) is 9.23. The summed E-state index contributed by atoms with van der Waals surface area (Å²) < 4.78 is 0. The minimum Gasteiger partial charge on any atom is -0.385 e. The first-order valence-corrected chi connectivity index (χ1v) is 11.4. The van der Waals surface area contributed by atoms with E-state index in [4.69, 9.17) is 4.99 Å². The molecule has 2 aromatic carbocycles. The van der Waals surface area contributed by atoms with Gasteiger partial charge in [0.25, 0.3) is 0 Å². The van der Waals surface area contributed by atoms with Crippen LogP contribution in [0.5, 0.6) is 0 Å². The zero-order chi connectivity index (χ0) is 21.7. The summed E-state index contributed by atoms with van der Waals surface area (Å²) in [6.45, 7) is 6.90. The van der Waals surface area contributed by atoms with Gasteiger partial charge in [-0.1, -0.05) is 48.5 Å². The van der Waals surface area contributed by atoms with Crippen LogP contribution in [0.1, 0.15) is 25.3 Å². The van der Waals surface area contributed by atoms with Gasteiger partial charge in [0.2, 0.25) is 5.91 Å². The van der Waals surface area contributed by atoms with E-state index in [0.29, 0.717) is 18.9 Å². The maximum Gasteiger partial charge on any atom is 0.223 e. The number of hydrogen-bond acceptors (Lipinski definition) is 3. The maximum atomic E-state index is 12.4. The molecule has 6 heteroatoms. The van der Waals surface area contributed by atoms with Crippen LogP contribution in [0.2, 0.25) is 0 Å². The molecule has 0 bridgehead atoms. The van der Waals surface area contributed by atoms with Crippen LogP contribution in [0, 0.1) is 5.92 Å². The lowest BCUT2D eigenvalue weighted by Gasteiger charge is -2.16. The van der Waals surface area contributed by atoms with Crippen LogP contribution >= 0.6 is 0 Å². The molecule has 1 heterocycles. The molecular weight excluding hydrogens is 386 g/mol. The Bertz CT molecular complexity index is 809. The smallest absolute Gasteiger partial charge is 0.223 e. The standard InChI is InChI=1S/C25H35N5O/c1-2-26-25(28-16-9-15-27-23-12-7-4-8-13-23)29-19-22-18-24(31)30(20-22)17-14-21-10-5-3-6-11-21/h3-8,10-13,22,27H,2,9,14-20H2,1H3,(H2,26,28,29). The fourth-order valence-electron chi connectivity index (χ4n) is 3.75. The van der Waals surface area contributed by atoms with E-state index in [9.17, 15) is 4.79 Å². The first kappa shape index (κ1) is 22.7. The molecule has 1 saturated heterocycles. The van der Waals surface area contributed by atoms with E-state index >= 15 is 0 Å². The zero-order valence-corrected chi connectivity index (χ0v) is 18.5. The Morgan fingerprint density at radius 2 is 1.77 bits per heavy atom. The third-order valence-electron chi connectivity index (χ3n) is 5.41. The summed E-state index contributed by atoms with van der Waals surface area (Å²) in [5, 5.41) is 10.1. The molecule has 2 aromatic rings. The normalized spacial score (nSPS) is 16.4. The number of carbonyl (C=O) groups excluding carboxylic acids is 1. The van der Waals surface area contributed by atoms with E-state index in [0.717, 1.165) is 57.2 Å². The largest absolute Gasteiger partial charge is 0.385 e. The first-order valence-electron chi connectivity index (χ1n) is 11.4. The lowest BCUT2D eigenvalue weighted by Crippen LogP contribution is -2.38. The van der Waals surface area contributed by atoms with Crippen molar-refractivity contribution in [3.8, 4) is 0 Å². The molecule has 1 aliphatic heterocycles. The van der Waals surface area contributed by atoms with Crippen molar-refractivity contribution in [2.24, 2.45) is 10.9 Å². The fourth-order valence-corrected chi connectivity index (χ4v) is 3.75. The van der Waals surface area contributed by atoms with Crippen LogP contribution in [-0.4, -0.2) is 56.0 Å². The van der Waals surface area contributed by atoms with Crippen LogP contribution in [0.15, 0.2) is 65.7 Å². The molecular formula is C25H35N5O. The summed E-state index contributed by atoms with van der Waals surface area (Å²) in [4.78, 5) is 19.1. The van der Waals surface area contributed by atoms with Gasteiger partial charge in [0.05, 0.1) is 0 Å². The van der Waals surface area contributed by atoms with Gasteiger partial charge in [-0.05, 0) is 37.5 Å². The van der Waals surface area contributed by atoms with E-state index < -0.39 is 0 Å². The lowest BCUT2D eigenvalue weighted by atomic mass is 10.1. The second-order valence-corrected chi connectivity index (χ2v) is 7.94. The van der Waals surface area contributed by atoms with Gasteiger partial charge in [-0.3, -0.25) is 9.79 Å². The SMILES string of the molecule is CCNC(=NCC1CC(=O)N(CCc2ccccc2)C1)NCCCNc1ccccc1. The van der Waals surface area contributed by atoms with Gasteiger partial charge in [-0.15, -0.1) is 0 Å². The van der Waals surface area contributed by atoms with Crippen LogP contribution in [0.25, 0.3) is 0 Å². The van der Waals surface area contributed by atoms with Gasteiger partial charge in [0.1, 0.15) is 0 Å². The predicted molar refractivity (Wildman–Crippen MR) is 128 cm³/mol. The summed E-state index contributed by atoms with van der Waals surface area (Å²) in [5.74, 6) is 1.37. The third-order valence-corrected chi connectivity index (χ3v) is 5.41. The highest BCUT2D eigenvalue weighted by molar-refractivity contribution is 5.80. The van der Waals surface area contributed by atoms with Crippen molar-refractivity contribution in [2.45, 2.75) is 26.2 Å². The fraction of sp³-hybridized carbons (Fsp3) is 0.440. The Labute approximate surface area is 186 Å². The second-order valence-electron chi connectivity index (χ2n) is 7.94. The number of carbonyl (C=O) groups is 1. The zero-order valence-electron chi connectivity index (χ0n) is 18.5. The number of hydrogen-bond donors (Lipinski definition) is 3. The van der Waals surface area contributed by atoms with Crippen LogP contribution in [0.4, 0.5) is 5.69 Å². The summed E-state index contributed by atoms with van der Waals surface area (Å²) in [6, 6.07) is 20.6. The summed E-state index contributed by atoms with van der Waals surface area (Å²) in [7, 11) is 0.